The maximum Gasteiger partial charge on any atom is 0.264 e. The number of aryl methyl sites for hydroxylation is 3. The number of anilines is 1. The maximum atomic E-state index is 14.0. The maximum absolute atomic E-state index is 14.0. The van der Waals surface area contributed by atoms with Gasteiger partial charge in [-0.1, -0.05) is 54.4 Å². The number of sulfonamides is 1. The highest BCUT2D eigenvalue weighted by molar-refractivity contribution is 7.92. The lowest BCUT2D eigenvalue weighted by Crippen LogP contribution is -2.51. The van der Waals surface area contributed by atoms with Crippen LogP contribution in [0.4, 0.5) is 5.69 Å². The first-order valence-corrected chi connectivity index (χ1v) is 14.8. The number of amides is 2. The van der Waals surface area contributed by atoms with Crippen LogP contribution in [-0.4, -0.2) is 51.4 Å². The molecule has 0 bridgehead atoms. The van der Waals surface area contributed by atoms with Crippen LogP contribution in [0.15, 0.2) is 71.6 Å². The van der Waals surface area contributed by atoms with E-state index in [1.807, 2.05) is 52.0 Å². The van der Waals surface area contributed by atoms with Gasteiger partial charge in [0.05, 0.1) is 17.7 Å². The highest BCUT2D eigenvalue weighted by Crippen LogP contribution is 2.28. The van der Waals surface area contributed by atoms with Gasteiger partial charge in [0.25, 0.3) is 10.0 Å². The second-order valence-electron chi connectivity index (χ2n) is 9.95. The van der Waals surface area contributed by atoms with E-state index in [1.165, 1.54) is 4.90 Å². The zero-order chi connectivity index (χ0) is 29.4. The molecule has 0 saturated heterocycles. The summed E-state index contributed by atoms with van der Waals surface area (Å²) < 4.78 is 34.3. The molecule has 0 aromatic heterocycles. The van der Waals surface area contributed by atoms with Crippen molar-refractivity contribution in [2.45, 2.75) is 58.5 Å². The lowest BCUT2D eigenvalue weighted by atomic mass is 10.1. The van der Waals surface area contributed by atoms with Gasteiger partial charge >= 0.3 is 0 Å². The molecule has 0 saturated carbocycles. The highest BCUT2D eigenvalue weighted by Gasteiger charge is 2.33. The van der Waals surface area contributed by atoms with Crippen LogP contribution >= 0.6 is 0 Å². The van der Waals surface area contributed by atoms with Crippen LogP contribution in [0.5, 0.6) is 5.75 Å². The van der Waals surface area contributed by atoms with E-state index in [9.17, 15) is 18.0 Å². The van der Waals surface area contributed by atoms with E-state index in [2.05, 4.69) is 5.32 Å². The van der Waals surface area contributed by atoms with E-state index >= 15 is 0 Å². The van der Waals surface area contributed by atoms with Crippen LogP contribution in [-0.2, 0) is 26.2 Å². The summed E-state index contributed by atoms with van der Waals surface area (Å²) in [5.41, 5.74) is 3.81. The molecule has 1 N–H and O–H groups in total. The zero-order valence-electron chi connectivity index (χ0n) is 24.1. The molecule has 1 atom stereocenters. The average molecular weight is 566 g/mol. The molecule has 3 aromatic rings. The summed E-state index contributed by atoms with van der Waals surface area (Å²) in [6.07, 6.45) is 0.750. The molecule has 0 fully saturated rings. The molecule has 40 heavy (non-hydrogen) atoms. The largest absolute Gasteiger partial charge is 0.497 e. The Bertz CT molecular complexity index is 1420. The summed E-state index contributed by atoms with van der Waals surface area (Å²) in [7, 11) is -2.54. The predicted molar refractivity (Wildman–Crippen MR) is 158 cm³/mol. The van der Waals surface area contributed by atoms with Crippen molar-refractivity contribution in [2.24, 2.45) is 0 Å². The number of hydrogen-bond acceptors (Lipinski definition) is 5. The molecule has 0 aliphatic rings. The van der Waals surface area contributed by atoms with Crippen molar-refractivity contribution in [1.29, 1.82) is 0 Å². The Labute approximate surface area is 238 Å². The Morgan fingerprint density at radius 1 is 0.925 bits per heavy atom. The number of nitrogens with zero attached hydrogens (tertiary/aromatic N) is 2. The molecular formula is C31H39N3O5S. The van der Waals surface area contributed by atoms with E-state index < -0.39 is 28.5 Å². The molecule has 0 unspecified atom stereocenters. The molecule has 9 heteroatoms. The number of methoxy groups -OCH3 is 1. The third-order valence-corrected chi connectivity index (χ3v) is 8.51. The lowest BCUT2D eigenvalue weighted by molar-refractivity contribution is -0.139. The van der Waals surface area contributed by atoms with Gasteiger partial charge in [-0.15, -0.1) is 0 Å². The number of benzene rings is 3. The summed E-state index contributed by atoms with van der Waals surface area (Å²) in [6.45, 7) is 9.35. The zero-order valence-corrected chi connectivity index (χ0v) is 24.9. The smallest absolute Gasteiger partial charge is 0.264 e. The van der Waals surface area contributed by atoms with Crippen molar-refractivity contribution in [2.75, 3.05) is 24.5 Å². The number of hydrogen-bond donors (Lipinski definition) is 1. The molecule has 3 aromatic carbocycles. The molecule has 0 aliphatic carbocycles. The minimum absolute atomic E-state index is 0.0846. The van der Waals surface area contributed by atoms with Gasteiger partial charge in [0.1, 0.15) is 18.3 Å². The predicted octanol–water partition coefficient (Wildman–Crippen LogP) is 4.76. The van der Waals surface area contributed by atoms with Crippen molar-refractivity contribution in [3.8, 4) is 5.75 Å². The van der Waals surface area contributed by atoms with Gasteiger partial charge in [-0.3, -0.25) is 13.9 Å². The van der Waals surface area contributed by atoms with Gasteiger partial charge in [-0.25, -0.2) is 8.42 Å². The van der Waals surface area contributed by atoms with Gasteiger partial charge in [0, 0.05) is 13.1 Å². The summed E-state index contributed by atoms with van der Waals surface area (Å²) in [6, 6.07) is 18.3. The second kappa shape index (κ2) is 13.5. The van der Waals surface area contributed by atoms with Crippen molar-refractivity contribution in [1.82, 2.24) is 10.2 Å². The molecule has 0 heterocycles. The van der Waals surface area contributed by atoms with Crippen molar-refractivity contribution < 1.29 is 22.7 Å². The topological polar surface area (TPSA) is 96.0 Å². The fourth-order valence-corrected chi connectivity index (χ4v) is 5.82. The Balaban J connectivity index is 2.04. The van der Waals surface area contributed by atoms with Gasteiger partial charge < -0.3 is 15.0 Å². The van der Waals surface area contributed by atoms with Gasteiger partial charge in [0.2, 0.25) is 11.8 Å². The lowest BCUT2D eigenvalue weighted by Gasteiger charge is -2.32. The quantitative estimate of drug-likeness (QED) is 0.342. The summed E-state index contributed by atoms with van der Waals surface area (Å²) in [5.74, 6) is -0.130. The SMILES string of the molecule is CCCNC(=O)[C@@H](C)N(Cc1ccc(OC)cc1)C(=O)CN(c1ccc(C)cc1C)S(=O)(=O)c1ccc(C)cc1. The number of nitrogens with one attached hydrogen (secondary N) is 1. The molecule has 0 aliphatic heterocycles. The van der Waals surface area contributed by atoms with Crippen LogP contribution in [0.2, 0.25) is 0 Å². The molecule has 3 rings (SSSR count). The summed E-state index contributed by atoms with van der Waals surface area (Å²) >= 11 is 0. The third kappa shape index (κ3) is 7.41. The Morgan fingerprint density at radius 2 is 1.55 bits per heavy atom. The van der Waals surface area contributed by atoms with Gasteiger partial charge in [-0.2, -0.15) is 0 Å². The molecule has 2 amide bonds. The Kier molecular flexibility index (Phi) is 10.3. The minimum atomic E-state index is -4.11. The van der Waals surface area contributed by atoms with Crippen molar-refractivity contribution in [3.63, 3.8) is 0 Å². The van der Waals surface area contributed by atoms with Crippen LogP contribution in [0.25, 0.3) is 0 Å². The van der Waals surface area contributed by atoms with Crippen molar-refractivity contribution >= 4 is 27.5 Å². The Morgan fingerprint density at radius 3 is 2.12 bits per heavy atom. The molecule has 8 nitrogen and oxygen atoms in total. The fraction of sp³-hybridized carbons (Fsp3) is 0.355. The van der Waals surface area contributed by atoms with Gasteiger partial charge in [0.15, 0.2) is 0 Å². The molecular weight excluding hydrogens is 526 g/mol. The normalized spacial score (nSPS) is 11.9. The number of rotatable bonds is 12. The number of carbonyl (C=O) groups is 2. The number of carbonyl (C=O) groups excluding carboxylic acids is 2. The van der Waals surface area contributed by atoms with Crippen LogP contribution < -0.4 is 14.4 Å². The van der Waals surface area contributed by atoms with Gasteiger partial charge in [-0.05, 0) is 75.6 Å². The first-order chi connectivity index (χ1) is 19.0. The fourth-order valence-electron chi connectivity index (χ4n) is 4.34. The molecule has 0 radical (unpaired) electrons. The summed E-state index contributed by atoms with van der Waals surface area (Å²) in [5, 5.41) is 2.85. The first-order valence-electron chi connectivity index (χ1n) is 13.3. The monoisotopic (exact) mass is 565 g/mol. The van der Waals surface area contributed by atoms with Crippen LogP contribution in [0, 0.1) is 20.8 Å². The van der Waals surface area contributed by atoms with Crippen molar-refractivity contribution in [3.05, 3.63) is 89.0 Å². The van der Waals surface area contributed by atoms with E-state index in [1.54, 1.807) is 56.5 Å². The Hall–Kier alpha value is -3.85. The third-order valence-electron chi connectivity index (χ3n) is 6.74. The average Bonchev–Trinajstić information content (AvgIpc) is 2.93. The van der Waals surface area contributed by atoms with E-state index in [0.29, 0.717) is 18.0 Å². The summed E-state index contributed by atoms with van der Waals surface area (Å²) in [4.78, 5) is 28.5. The van der Waals surface area contributed by atoms with E-state index in [0.717, 1.165) is 33.0 Å². The van der Waals surface area contributed by atoms with E-state index in [-0.39, 0.29) is 17.3 Å². The number of ether oxygens (including phenoxy) is 1. The second-order valence-corrected chi connectivity index (χ2v) is 11.8. The first kappa shape index (κ1) is 30.7. The van der Waals surface area contributed by atoms with Crippen LogP contribution in [0.3, 0.4) is 0 Å². The molecule has 214 valence electrons. The standard InChI is InChI=1S/C31H39N3O5S/c1-7-18-32-31(36)25(5)33(20-26-11-13-27(39-6)14-12-26)30(35)21-34(29-17-10-23(3)19-24(29)4)40(37,38)28-15-8-22(2)9-16-28/h8-17,19,25H,7,18,20-21H2,1-6H3,(H,32,36)/t25-/m1/s1. The minimum Gasteiger partial charge on any atom is -0.497 e. The van der Waals surface area contributed by atoms with Crippen LogP contribution in [0.1, 0.15) is 42.5 Å². The molecule has 0 spiro atoms. The van der Waals surface area contributed by atoms with E-state index in [4.69, 9.17) is 4.74 Å². The highest BCUT2D eigenvalue weighted by atomic mass is 32.2.